The molecule has 3 aromatic rings. The van der Waals surface area contributed by atoms with Gasteiger partial charge in [-0.25, -0.2) is 4.98 Å². The molecular weight excluding hydrogens is 382 g/mol. The first-order valence-corrected chi connectivity index (χ1v) is 11.6. The van der Waals surface area contributed by atoms with Gasteiger partial charge in [0.2, 0.25) is 0 Å². The Morgan fingerprint density at radius 2 is 1.87 bits per heavy atom. The van der Waals surface area contributed by atoms with Crippen LogP contribution in [0.5, 0.6) is 0 Å². The zero-order chi connectivity index (χ0) is 21.4. The standard InChI is InChI=1S/C26H31N5/c1-18-6-4-12-30(18)17-25(31-13-5-7-19(31)2)26-28-23-11-10-22(15-24(23)29-26)21-9-3-8-20(14-21)16-27/h3,8-11,14-15,18-19,25H,4-7,12-13,17H2,1-2H3,(H,28,29)/t18-,19-,25?/m1/s1. The normalized spacial score (nSPS) is 23.4. The molecule has 2 aromatic carbocycles. The van der Waals surface area contributed by atoms with E-state index in [-0.39, 0.29) is 0 Å². The minimum Gasteiger partial charge on any atom is -0.341 e. The van der Waals surface area contributed by atoms with Crippen LogP contribution in [0.15, 0.2) is 42.5 Å². The summed E-state index contributed by atoms with van der Waals surface area (Å²) in [4.78, 5) is 14.0. The summed E-state index contributed by atoms with van der Waals surface area (Å²) in [6.45, 7) is 8.10. The van der Waals surface area contributed by atoms with Crippen LogP contribution < -0.4 is 0 Å². The molecule has 0 saturated carbocycles. The lowest BCUT2D eigenvalue weighted by molar-refractivity contribution is 0.124. The van der Waals surface area contributed by atoms with E-state index in [1.165, 1.54) is 32.2 Å². The summed E-state index contributed by atoms with van der Waals surface area (Å²) in [5.41, 5.74) is 4.92. The van der Waals surface area contributed by atoms with Crippen LogP contribution in [-0.4, -0.2) is 51.5 Å². The number of aromatic amines is 1. The van der Waals surface area contributed by atoms with E-state index in [1.807, 2.05) is 18.2 Å². The van der Waals surface area contributed by atoms with Crippen molar-refractivity contribution < 1.29 is 0 Å². The van der Waals surface area contributed by atoms with Gasteiger partial charge >= 0.3 is 0 Å². The highest BCUT2D eigenvalue weighted by atomic mass is 15.3. The van der Waals surface area contributed by atoms with Crippen LogP contribution in [0.25, 0.3) is 22.2 Å². The Hall–Kier alpha value is -2.68. The summed E-state index contributed by atoms with van der Waals surface area (Å²) in [7, 11) is 0. The summed E-state index contributed by atoms with van der Waals surface area (Å²) in [5.74, 6) is 1.09. The molecule has 1 aromatic heterocycles. The summed E-state index contributed by atoms with van der Waals surface area (Å²) in [6, 6.07) is 18.0. The van der Waals surface area contributed by atoms with Gasteiger partial charge in [0.05, 0.1) is 28.7 Å². The minimum atomic E-state index is 0.302. The second kappa shape index (κ2) is 8.45. The lowest BCUT2D eigenvalue weighted by Crippen LogP contribution is -2.41. The number of likely N-dealkylation sites (tertiary alicyclic amines) is 2. The number of nitrogens with one attached hydrogen (secondary N) is 1. The Kier molecular flexibility index (Phi) is 5.52. The van der Waals surface area contributed by atoms with E-state index in [0.29, 0.717) is 23.7 Å². The number of benzene rings is 2. The van der Waals surface area contributed by atoms with Gasteiger partial charge in [0, 0.05) is 18.6 Å². The SMILES string of the molecule is C[C@@H]1CCCN1CC(c1nc2cc(-c3cccc(C#N)c3)ccc2[nH]1)N1CCC[C@H]1C. The first-order valence-electron chi connectivity index (χ1n) is 11.6. The van der Waals surface area contributed by atoms with Gasteiger partial charge in [-0.15, -0.1) is 0 Å². The average Bonchev–Trinajstić information content (AvgIpc) is 3.51. The van der Waals surface area contributed by atoms with Crippen LogP contribution in [0, 0.1) is 11.3 Å². The molecule has 2 saturated heterocycles. The van der Waals surface area contributed by atoms with Gasteiger partial charge in [-0.3, -0.25) is 9.80 Å². The average molecular weight is 414 g/mol. The molecule has 0 spiro atoms. The van der Waals surface area contributed by atoms with Crippen molar-refractivity contribution in [3.8, 4) is 17.2 Å². The predicted molar refractivity (Wildman–Crippen MR) is 125 cm³/mol. The molecule has 5 nitrogen and oxygen atoms in total. The molecule has 0 radical (unpaired) electrons. The Morgan fingerprint density at radius 3 is 2.61 bits per heavy atom. The van der Waals surface area contributed by atoms with Gasteiger partial charge in [0.1, 0.15) is 5.82 Å². The lowest BCUT2D eigenvalue weighted by Gasteiger charge is -2.34. The molecule has 0 amide bonds. The highest BCUT2D eigenvalue weighted by Crippen LogP contribution is 2.32. The summed E-state index contributed by atoms with van der Waals surface area (Å²) in [6.07, 6.45) is 5.14. The van der Waals surface area contributed by atoms with Crippen molar-refractivity contribution in [1.29, 1.82) is 5.26 Å². The van der Waals surface area contributed by atoms with E-state index >= 15 is 0 Å². The highest BCUT2D eigenvalue weighted by Gasteiger charge is 2.34. The molecule has 1 unspecified atom stereocenters. The lowest BCUT2D eigenvalue weighted by atomic mass is 10.0. The van der Waals surface area contributed by atoms with Crippen LogP contribution in [0.3, 0.4) is 0 Å². The molecule has 0 bridgehead atoms. The van der Waals surface area contributed by atoms with Crippen molar-refractivity contribution >= 4 is 11.0 Å². The van der Waals surface area contributed by atoms with Crippen molar-refractivity contribution in [2.75, 3.05) is 19.6 Å². The van der Waals surface area contributed by atoms with Crippen LogP contribution in [0.1, 0.15) is 57.0 Å². The number of aromatic nitrogens is 2. The van der Waals surface area contributed by atoms with E-state index in [1.54, 1.807) is 0 Å². The van der Waals surface area contributed by atoms with E-state index in [9.17, 15) is 5.26 Å². The van der Waals surface area contributed by atoms with Gasteiger partial charge in [0.15, 0.2) is 0 Å². The summed E-state index contributed by atoms with van der Waals surface area (Å²) in [5, 5.41) is 9.23. The third-order valence-electron chi connectivity index (χ3n) is 7.24. The molecule has 2 aliphatic rings. The molecule has 31 heavy (non-hydrogen) atoms. The molecule has 5 rings (SSSR count). The van der Waals surface area contributed by atoms with Crippen LogP contribution in [0.4, 0.5) is 0 Å². The topological polar surface area (TPSA) is 59.0 Å². The van der Waals surface area contributed by atoms with Crippen molar-refractivity contribution in [2.45, 2.75) is 57.7 Å². The van der Waals surface area contributed by atoms with E-state index in [4.69, 9.17) is 4.98 Å². The number of imidazole rings is 1. The highest BCUT2D eigenvalue weighted by molar-refractivity contribution is 5.82. The monoisotopic (exact) mass is 413 g/mol. The fraction of sp³-hybridized carbons (Fsp3) is 0.462. The summed E-state index contributed by atoms with van der Waals surface area (Å²) < 4.78 is 0. The van der Waals surface area contributed by atoms with E-state index in [0.717, 1.165) is 41.1 Å². The third kappa shape index (κ3) is 3.98. The predicted octanol–water partition coefficient (Wildman–Crippen LogP) is 5.11. The number of hydrogen-bond donors (Lipinski definition) is 1. The largest absolute Gasteiger partial charge is 0.341 e. The van der Waals surface area contributed by atoms with Gasteiger partial charge < -0.3 is 4.98 Å². The Labute approximate surface area is 184 Å². The first-order chi connectivity index (χ1) is 15.1. The maximum absolute atomic E-state index is 9.23. The number of rotatable bonds is 5. The van der Waals surface area contributed by atoms with Crippen molar-refractivity contribution in [3.63, 3.8) is 0 Å². The maximum atomic E-state index is 9.23. The Balaban J connectivity index is 1.49. The van der Waals surface area contributed by atoms with Crippen LogP contribution in [-0.2, 0) is 0 Å². The molecule has 2 aliphatic heterocycles. The van der Waals surface area contributed by atoms with Gasteiger partial charge in [-0.2, -0.15) is 5.26 Å². The number of H-pyrrole nitrogens is 1. The molecule has 3 heterocycles. The molecule has 5 heteroatoms. The smallest absolute Gasteiger partial charge is 0.126 e. The van der Waals surface area contributed by atoms with Crippen LogP contribution >= 0.6 is 0 Å². The number of nitrogens with zero attached hydrogens (tertiary/aromatic N) is 4. The zero-order valence-electron chi connectivity index (χ0n) is 18.5. The van der Waals surface area contributed by atoms with Crippen molar-refractivity contribution in [1.82, 2.24) is 19.8 Å². The van der Waals surface area contributed by atoms with Gasteiger partial charge in [0.25, 0.3) is 0 Å². The van der Waals surface area contributed by atoms with Gasteiger partial charge in [-0.1, -0.05) is 18.2 Å². The molecule has 160 valence electrons. The van der Waals surface area contributed by atoms with E-state index in [2.05, 4.69) is 59.0 Å². The molecule has 2 fully saturated rings. The fourth-order valence-corrected chi connectivity index (χ4v) is 5.38. The first kappa shape index (κ1) is 20.2. The van der Waals surface area contributed by atoms with E-state index < -0.39 is 0 Å². The maximum Gasteiger partial charge on any atom is 0.126 e. The molecule has 3 atom stereocenters. The minimum absolute atomic E-state index is 0.302. The Bertz CT molecular complexity index is 1110. The quantitative estimate of drug-likeness (QED) is 0.631. The fourth-order valence-electron chi connectivity index (χ4n) is 5.38. The molecule has 0 aliphatic carbocycles. The number of nitriles is 1. The third-order valence-corrected chi connectivity index (χ3v) is 7.24. The Morgan fingerprint density at radius 1 is 1.06 bits per heavy atom. The number of hydrogen-bond acceptors (Lipinski definition) is 4. The van der Waals surface area contributed by atoms with Crippen molar-refractivity contribution in [3.05, 3.63) is 53.9 Å². The number of fused-ring (bicyclic) bond motifs is 1. The van der Waals surface area contributed by atoms with Gasteiger partial charge in [-0.05, 0) is 88.0 Å². The second-order valence-electron chi connectivity index (χ2n) is 9.28. The van der Waals surface area contributed by atoms with Crippen molar-refractivity contribution in [2.24, 2.45) is 0 Å². The molecule has 1 N–H and O–H groups in total. The summed E-state index contributed by atoms with van der Waals surface area (Å²) >= 11 is 0. The van der Waals surface area contributed by atoms with Crippen LogP contribution in [0.2, 0.25) is 0 Å². The second-order valence-corrected chi connectivity index (χ2v) is 9.28. The molecular formula is C26H31N5. The zero-order valence-corrected chi connectivity index (χ0v) is 18.5.